The molecule has 2 rings (SSSR count). The van der Waals surface area contributed by atoms with Crippen molar-refractivity contribution >= 4 is 17.5 Å². The number of hydrogen-bond donors (Lipinski definition) is 1. The second kappa shape index (κ2) is 6.71. The van der Waals surface area contributed by atoms with Gasteiger partial charge >= 0.3 is 0 Å². The van der Waals surface area contributed by atoms with Gasteiger partial charge < -0.3 is 14.7 Å². The Kier molecular flexibility index (Phi) is 4.93. The van der Waals surface area contributed by atoms with Crippen molar-refractivity contribution in [2.75, 3.05) is 14.2 Å². The molecular weight excluding hydrogens is 302 g/mol. The Bertz CT molecular complexity index is 700. The van der Waals surface area contributed by atoms with Crippen LogP contribution in [0.1, 0.15) is 21.5 Å². The summed E-state index contributed by atoms with van der Waals surface area (Å²) in [6.07, 6.45) is 0. The molecule has 0 radical (unpaired) electrons. The number of hydrogen-bond acceptors (Lipinski definition) is 3. The lowest BCUT2D eigenvalue weighted by atomic mass is 10.1. The number of ether oxygens (including phenoxy) is 1. The van der Waals surface area contributed by atoms with Crippen LogP contribution >= 0.6 is 11.6 Å². The van der Waals surface area contributed by atoms with Crippen molar-refractivity contribution in [1.82, 2.24) is 4.90 Å². The molecule has 0 atom stereocenters. The van der Waals surface area contributed by atoms with Crippen LogP contribution in [0.5, 0.6) is 11.5 Å². The molecule has 0 aliphatic rings. The summed E-state index contributed by atoms with van der Waals surface area (Å²) < 4.78 is 5.32. The molecule has 1 N–H and O–H groups in total. The van der Waals surface area contributed by atoms with Crippen molar-refractivity contribution in [3.05, 3.63) is 58.1 Å². The van der Waals surface area contributed by atoms with E-state index in [0.29, 0.717) is 11.6 Å². The lowest BCUT2D eigenvalue weighted by Crippen LogP contribution is -2.26. The highest BCUT2D eigenvalue weighted by Crippen LogP contribution is 2.25. The van der Waals surface area contributed by atoms with Crippen LogP contribution in [0.2, 0.25) is 5.02 Å². The maximum Gasteiger partial charge on any atom is 0.257 e. The third-order valence-electron chi connectivity index (χ3n) is 3.38. The molecule has 4 nitrogen and oxygen atoms in total. The first kappa shape index (κ1) is 16.2. The average molecular weight is 320 g/mol. The first-order valence-electron chi connectivity index (χ1n) is 6.80. The molecule has 0 heterocycles. The molecule has 0 aliphatic heterocycles. The highest BCUT2D eigenvalue weighted by molar-refractivity contribution is 6.31. The van der Waals surface area contributed by atoms with Gasteiger partial charge in [-0.3, -0.25) is 4.79 Å². The SMILES string of the molecule is COc1ccc(C)cc1CN(C)C(=O)c1cc(Cl)ccc1O. The van der Waals surface area contributed by atoms with Crippen LogP contribution in [0.15, 0.2) is 36.4 Å². The summed E-state index contributed by atoms with van der Waals surface area (Å²) in [5.41, 5.74) is 2.17. The number of aromatic hydroxyl groups is 1. The number of phenols is 1. The first-order valence-corrected chi connectivity index (χ1v) is 7.17. The molecule has 116 valence electrons. The van der Waals surface area contributed by atoms with E-state index in [1.807, 2.05) is 25.1 Å². The number of rotatable bonds is 4. The van der Waals surface area contributed by atoms with E-state index in [1.54, 1.807) is 14.2 Å². The molecule has 0 unspecified atom stereocenters. The van der Waals surface area contributed by atoms with E-state index in [2.05, 4.69) is 0 Å². The number of amides is 1. The van der Waals surface area contributed by atoms with Gasteiger partial charge in [0.1, 0.15) is 11.5 Å². The Morgan fingerprint density at radius 2 is 2.00 bits per heavy atom. The minimum Gasteiger partial charge on any atom is -0.507 e. The van der Waals surface area contributed by atoms with E-state index < -0.39 is 0 Å². The summed E-state index contributed by atoms with van der Waals surface area (Å²) in [6.45, 7) is 2.35. The number of aryl methyl sites for hydroxylation is 1. The van der Waals surface area contributed by atoms with Crippen molar-refractivity contribution in [2.45, 2.75) is 13.5 Å². The van der Waals surface area contributed by atoms with Gasteiger partial charge in [0.25, 0.3) is 5.91 Å². The second-order valence-corrected chi connectivity index (χ2v) is 5.57. The zero-order valence-electron chi connectivity index (χ0n) is 12.8. The lowest BCUT2D eigenvalue weighted by molar-refractivity contribution is 0.0781. The quantitative estimate of drug-likeness (QED) is 0.936. The zero-order valence-corrected chi connectivity index (χ0v) is 13.5. The van der Waals surface area contributed by atoms with Gasteiger partial charge in [0, 0.05) is 24.2 Å². The molecule has 22 heavy (non-hydrogen) atoms. The van der Waals surface area contributed by atoms with Gasteiger partial charge in [0.2, 0.25) is 0 Å². The molecule has 0 fully saturated rings. The zero-order chi connectivity index (χ0) is 16.3. The summed E-state index contributed by atoms with van der Waals surface area (Å²) in [4.78, 5) is 14.0. The van der Waals surface area contributed by atoms with Gasteiger partial charge in [-0.15, -0.1) is 0 Å². The van der Waals surface area contributed by atoms with Crippen LogP contribution in [-0.4, -0.2) is 30.1 Å². The maximum absolute atomic E-state index is 12.5. The summed E-state index contributed by atoms with van der Waals surface area (Å²) in [6, 6.07) is 10.2. The largest absolute Gasteiger partial charge is 0.507 e. The van der Waals surface area contributed by atoms with Crippen molar-refractivity contribution in [3.8, 4) is 11.5 Å². The fraction of sp³-hybridized carbons (Fsp3) is 0.235. The van der Waals surface area contributed by atoms with E-state index in [-0.39, 0.29) is 17.2 Å². The molecule has 0 bridgehead atoms. The average Bonchev–Trinajstić information content (AvgIpc) is 2.49. The minimum absolute atomic E-state index is 0.0857. The number of methoxy groups -OCH3 is 1. The van der Waals surface area contributed by atoms with Gasteiger partial charge in [-0.2, -0.15) is 0 Å². The second-order valence-electron chi connectivity index (χ2n) is 5.14. The number of benzene rings is 2. The van der Waals surface area contributed by atoms with E-state index in [1.165, 1.54) is 23.1 Å². The minimum atomic E-state index is -0.302. The van der Waals surface area contributed by atoms with Crippen molar-refractivity contribution < 1.29 is 14.6 Å². The molecule has 0 saturated carbocycles. The fourth-order valence-corrected chi connectivity index (χ4v) is 2.42. The van der Waals surface area contributed by atoms with Gasteiger partial charge in [-0.05, 0) is 31.2 Å². The van der Waals surface area contributed by atoms with Gasteiger partial charge in [0.15, 0.2) is 0 Å². The van der Waals surface area contributed by atoms with Crippen molar-refractivity contribution in [1.29, 1.82) is 0 Å². The van der Waals surface area contributed by atoms with Gasteiger partial charge in [-0.1, -0.05) is 29.3 Å². The topological polar surface area (TPSA) is 49.8 Å². The van der Waals surface area contributed by atoms with Gasteiger partial charge in [0.05, 0.1) is 12.7 Å². The highest BCUT2D eigenvalue weighted by atomic mass is 35.5. The molecule has 5 heteroatoms. The van der Waals surface area contributed by atoms with Crippen molar-refractivity contribution in [3.63, 3.8) is 0 Å². The van der Waals surface area contributed by atoms with E-state index in [0.717, 1.165) is 16.9 Å². The van der Waals surface area contributed by atoms with E-state index in [9.17, 15) is 9.90 Å². The smallest absolute Gasteiger partial charge is 0.257 e. The highest BCUT2D eigenvalue weighted by Gasteiger charge is 2.18. The molecule has 0 aromatic heterocycles. The van der Waals surface area contributed by atoms with Crippen LogP contribution in [0.4, 0.5) is 0 Å². The standard InChI is InChI=1S/C17H18ClNO3/c1-11-4-7-16(22-3)12(8-11)10-19(2)17(21)14-9-13(18)5-6-15(14)20/h4-9,20H,10H2,1-3H3. The van der Waals surface area contributed by atoms with Crippen LogP contribution in [0.25, 0.3) is 0 Å². The third-order valence-corrected chi connectivity index (χ3v) is 3.61. The van der Waals surface area contributed by atoms with Crippen LogP contribution in [-0.2, 0) is 6.54 Å². The predicted molar refractivity (Wildman–Crippen MR) is 86.6 cm³/mol. The molecule has 2 aromatic carbocycles. The maximum atomic E-state index is 12.5. The van der Waals surface area contributed by atoms with Gasteiger partial charge in [-0.25, -0.2) is 0 Å². The fourth-order valence-electron chi connectivity index (χ4n) is 2.24. The Labute approximate surface area is 134 Å². The van der Waals surface area contributed by atoms with Crippen molar-refractivity contribution in [2.24, 2.45) is 0 Å². The molecule has 0 saturated heterocycles. The molecule has 1 amide bonds. The van der Waals surface area contributed by atoms with E-state index in [4.69, 9.17) is 16.3 Å². The molecule has 0 aliphatic carbocycles. The Morgan fingerprint density at radius 1 is 1.27 bits per heavy atom. The number of halogens is 1. The molecule has 0 spiro atoms. The van der Waals surface area contributed by atoms with Crippen LogP contribution in [0.3, 0.4) is 0 Å². The Balaban J connectivity index is 2.25. The normalized spacial score (nSPS) is 10.4. The summed E-state index contributed by atoms with van der Waals surface area (Å²) in [7, 11) is 3.27. The monoisotopic (exact) mass is 319 g/mol. The number of carbonyl (C=O) groups excluding carboxylic acids is 1. The first-order chi connectivity index (χ1) is 10.4. The number of carbonyl (C=O) groups is 1. The van der Waals surface area contributed by atoms with Crippen LogP contribution in [0, 0.1) is 6.92 Å². The lowest BCUT2D eigenvalue weighted by Gasteiger charge is -2.20. The molecule has 2 aromatic rings. The summed E-state index contributed by atoms with van der Waals surface area (Å²) >= 11 is 5.89. The molecular formula is C17H18ClNO3. The summed E-state index contributed by atoms with van der Waals surface area (Å²) in [5, 5.41) is 10.2. The van der Waals surface area contributed by atoms with E-state index >= 15 is 0 Å². The number of nitrogens with zero attached hydrogens (tertiary/aromatic N) is 1. The Hall–Kier alpha value is -2.20. The predicted octanol–water partition coefficient (Wildman–Crippen LogP) is 3.63. The number of phenolic OH excluding ortho intramolecular Hbond substituents is 1. The third kappa shape index (κ3) is 3.52. The van der Waals surface area contributed by atoms with Crippen LogP contribution < -0.4 is 4.74 Å². The Morgan fingerprint density at radius 3 is 2.68 bits per heavy atom. The summed E-state index contributed by atoms with van der Waals surface area (Å²) in [5.74, 6) is 0.335.